The molecule has 1 aromatic rings. The van der Waals surface area contributed by atoms with E-state index >= 15 is 0 Å². The standard InChI is InChI=1S/C20H27Br2NO/c1-11(2)24-20-17(21)8-14(9-18(20)22)10-23-19-15-4-12-3-13(6-15)7-16(19)5-12/h8-9,11-13,15-16,19,23H,3-7,10H2,1-2H3. The molecule has 24 heavy (non-hydrogen) atoms. The van der Waals surface area contributed by atoms with Crippen LogP contribution in [0.25, 0.3) is 0 Å². The molecule has 0 spiro atoms. The molecule has 0 atom stereocenters. The number of nitrogens with one attached hydrogen (secondary N) is 1. The summed E-state index contributed by atoms with van der Waals surface area (Å²) in [6.45, 7) is 5.06. The second-order valence-corrected chi connectivity index (χ2v) is 10.1. The minimum Gasteiger partial charge on any atom is -0.489 e. The Hall–Kier alpha value is -0.0600. The van der Waals surface area contributed by atoms with E-state index < -0.39 is 0 Å². The minimum absolute atomic E-state index is 0.176. The van der Waals surface area contributed by atoms with Gasteiger partial charge in [0.15, 0.2) is 0 Å². The summed E-state index contributed by atoms with van der Waals surface area (Å²) in [6, 6.07) is 5.14. The Morgan fingerprint density at radius 3 is 2.04 bits per heavy atom. The molecule has 1 N–H and O–H groups in total. The fourth-order valence-corrected chi connectivity index (χ4v) is 7.03. The molecule has 0 unspecified atom stereocenters. The van der Waals surface area contributed by atoms with E-state index in [2.05, 4.69) is 63.2 Å². The number of benzene rings is 1. The van der Waals surface area contributed by atoms with Crippen LogP contribution in [0, 0.1) is 23.7 Å². The lowest BCUT2D eigenvalue weighted by Crippen LogP contribution is -2.54. The van der Waals surface area contributed by atoms with Crippen LogP contribution in [0.15, 0.2) is 21.1 Å². The molecule has 0 aromatic heterocycles. The van der Waals surface area contributed by atoms with Crippen LogP contribution in [0.3, 0.4) is 0 Å². The maximum atomic E-state index is 5.89. The van der Waals surface area contributed by atoms with E-state index in [1.807, 2.05) is 0 Å². The molecule has 132 valence electrons. The van der Waals surface area contributed by atoms with Crippen molar-refractivity contribution < 1.29 is 4.74 Å². The Bertz CT molecular complexity index is 565. The van der Waals surface area contributed by atoms with E-state index in [0.717, 1.165) is 51.0 Å². The first-order chi connectivity index (χ1) is 11.5. The third-order valence-electron chi connectivity index (χ3n) is 6.18. The van der Waals surface area contributed by atoms with Crippen LogP contribution in [-0.2, 0) is 6.54 Å². The fourth-order valence-electron chi connectivity index (χ4n) is 5.56. The molecule has 5 rings (SSSR count). The Labute approximate surface area is 162 Å². The average molecular weight is 457 g/mol. The maximum Gasteiger partial charge on any atom is 0.148 e. The second-order valence-electron chi connectivity index (χ2n) is 8.39. The largest absolute Gasteiger partial charge is 0.489 e. The SMILES string of the molecule is CC(C)Oc1c(Br)cc(CNC2C3CC4CC(C3)CC2C4)cc1Br. The van der Waals surface area contributed by atoms with Crippen molar-refractivity contribution in [3.8, 4) is 5.75 Å². The van der Waals surface area contributed by atoms with E-state index in [4.69, 9.17) is 4.74 Å². The number of ether oxygens (including phenoxy) is 1. The monoisotopic (exact) mass is 455 g/mol. The molecular weight excluding hydrogens is 430 g/mol. The molecule has 0 aliphatic heterocycles. The molecule has 4 heteroatoms. The molecule has 0 heterocycles. The lowest BCUT2D eigenvalue weighted by atomic mass is 9.54. The number of rotatable bonds is 5. The lowest BCUT2D eigenvalue weighted by molar-refractivity contribution is -0.0142. The number of hydrogen-bond donors (Lipinski definition) is 1. The molecule has 4 saturated carbocycles. The Balaban J connectivity index is 1.43. The summed E-state index contributed by atoms with van der Waals surface area (Å²) in [5.41, 5.74) is 1.32. The summed E-state index contributed by atoms with van der Waals surface area (Å²) >= 11 is 7.34. The average Bonchev–Trinajstić information content (AvgIpc) is 2.49. The fraction of sp³-hybridized carbons (Fsp3) is 0.700. The van der Waals surface area contributed by atoms with Crippen molar-refractivity contribution in [3.63, 3.8) is 0 Å². The highest BCUT2D eigenvalue weighted by atomic mass is 79.9. The molecule has 1 aromatic carbocycles. The quantitative estimate of drug-likeness (QED) is 0.594. The number of halogens is 2. The summed E-state index contributed by atoms with van der Waals surface area (Å²) in [5, 5.41) is 3.91. The van der Waals surface area contributed by atoms with Gasteiger partial charge < -0.3 is 10.1 Å². The number of hydrogen-bond acceptors (Lipinski definition) is 2. The molecule has 4 fully saturated rings. The zero-order valence-corrected chi connectivity index (χ0v) is 17.7. The zero-order chi connectivity index (χ0) is 16.8. The van der Waals surface area contributed by atoms with Crippen molar-refractivity contribution in [2.75, 3.05) is 0 Å². The highest BCUT2D eigenvalue weighted by Gasteiger charge is 2.47. The van der Waals surface area contributed by atoms with Gasteiger partial charge >= 0.3 is 0 Å². The first-order valence-electron chi connectivity index (χ1n) is 9.37. The van der Waals surface area contributed by atoms with E-state index in [-0.39, 0.29) is 6.10 Å². The second kappa shape index (κ2) is 6.92. The first kappa shape index (κ1) is 17.4. The molecule has 0 saturated heterocycles. The third-order valence-corrected chi connectivity index (χ3v) is 7.36. The van der Waals surface area contributed by atoms with Crippen molar-refractivity contribution in [3.05, 3.63) is 26.6 Å². The highest BCUT2D eigenvalue weighted by Crippen LogP contribution is 2.53. The van der Waals surface area contributed by atoms with Crippen LogP contribution < -0.4 is 10.1 Å². The van der Waals surface area contributed by atoms with Gasteiger partial charge in [0.2, 0.25) is 0 Å². The summed E-state index contributed by atoms with van der Waals surface area (Å²) in [6.07, 6.45) is 7.59. The van der Waals surface area contributed by atoms with Gasteiger partial charge in [0.1, 0.15) is 5.75 Å². The van der Waals surface area contributed by atoms with Crippen molar-refractivity contribution >= 4 is 31.9 Å². The van der Waals surface area contributed by atoms with E-state index in [0.29, 0.717) is 0 Å². The predicted molar refractivity (Wildman–Crippen MR) is 105 cm³/mol. The van der Waals surface area contributed by atoms with Crippen molar-refractivity contribution in [2.45, 2.75) is 64.6 Å². The predicted octanol–water partition coefficient (Wildman–Crippen LogP) is 5.91. The minimum atomic E-state index is 0.176. The third kappa shape index (κ3) is 3.43. The molecule has 4 aliphatic rings. The van der Waals surface area contributed by atoms with Gasteiger partial charge in [-0.05, 0) is 119 Å². The molecular formula is C20H27Br2NO. The molecule has 4 aliphatic carbocycles. The van der Waals surface area contributed by atoms with E-state index in [9.17, 15) is 0 Å². The van der Waals surface area contributed by atoms with Gasteiger partial charge in [0, 0.05) is 12.6 Å². The highest BCUT2D eigenvalue weighted by molar-refractivity contribution is 9.11. The van der Waals surface area contributed by atoms with Gasteiger partial charge in [-0.15, -0.1) is 0 Å². The van der Waals surface area contributed by atoms with Crippen molar-refractivity contribution in [1.29, 1.82) is 0 Å². The van der Waals surface area contributed by atoms with Gasteiger partial charge in [-0.3, -0.25) is 0 Å². The first-order valence-corrected chi connectivity index (χ1v) is 11.0. The van der Waals surface area contributed by atoms with Gasteiger partial charge in [-0.1, -0.05) is 0 Å². The van der Waals surface area contributed by atoms with Crippen molar-refractivity contribution in [2.24, 2.45) is 23.7 Å². The molecule has 2 nitrogen and oxygen atoms in total. The van der Waals surface area contributed by atoms with Gasteiger partial charge in [-0.2, -0.15) is 0 Å². The summed E-state index contributed by atoms with van der Waals surface area (Å²) in [4.78, 5) is 0. The molecule has 0 radical (unpaired) electrons. The van der Waals surface area contributed by atoms with Crippen LogP contribution in [0.1, 0.15) is 51.5 Å². The Morgan fingerprint density at radius 2 is 1.54 bits per heavy atom. The van der Waals surface area contributed by atoms with Gasteiger partial charge in [0.25, 0.3) is 0 Å². The summed E-state index contributed by atoms with van der Waals surface area (Å²) in [5.74, 6) is 4.85. The Kier molecular flexibility index (Phi) is 5.01. The molecule has 4 bridgehead atoms. The summed E-state index contributed by atoms with van der Waals surface area (Å²) in [7, 11) is 0. The van der Waals surface area contributed by atoms with E-state index in [1.54, 1.807) is 0 Å². The normalized spacial score (nSPS) is 34.1. The van der Waals surface area contributed by atoms with Crippen LogP contribution in [0.4, 0.5) is 0 Å². The zero-order valence-electron chi connectivity index (χ0n) is 14.5. The van der Waals surface area contributed by atoms with Crippen LogP contribution in [-0.4, -0.2) is 12.1 Å². The van der Waals surface area contributed by atoms with Gasteiger partial charge in [-0.25, -0.2) is 0 Å². The maximum absolute atomic E-state index is 5.89. The van der Waals surface area contributed by atoms with Crippen LogP contribution in [0.5, 0.6) is 5.75 Å². The molecule has 0 amide bonds. The van der Waals surface area contributed by atoms with Gasteiger partial charge in [0.05, 0.1) is 15.0 Å². The Morgan fingerprint density at radius 1 is 1.00 bits per heavy atom. The lowest BCUT2D eigenvalue weighted by Gasteiger charge is -2.54. The topological polar surface area (TPSA) is 21.3 Å². The van der Waals surface area contributed by atoms with E-state index in [1.165, 1.54) is 37.7 Å². The van der Waals surface area contributed by atoms with Crippen LogP contribution >= 0.6 is 31.9 Å². The van der Waals surface area contributed by atoms with Crippen LogP contribution in [0.2, 0.25) is 0 Å². The summed E-state index contributed by atoms with van der Waals surface area (Å²) < 4.78 is 7.96. The smallest absolute Gasteiger partial charge is 0.148 e. The van der Waals surface area contributed by atoms with Crippen molar-refractivity contribution in [1.82, 2.24) is 5.32 Å².